The molecule has 0 spiro atoms. The summed E-state index contributed by atoms with van der Waals surface area (Å²) in [4.78, 5) is 7.20. The van der Waals surface area contributed by atoms with Crippen LogP contribution in [0.3, 0.4) is 0 Å². The lowest BCUT2D eigenvalue weighted by atomic mass is 10.3. The molecule has 14 heavy (non-hydrogen) atoms. The maximum Gasteiger partial charge on any atom is 0.103 e. The van der Waals surface area contributed by atoms with Crippen LogP contribution in [0.1, 0.15) is 39.2 Å². The maximum absolute atomic E-state index is 4.09. The first-order valence-corrected chi connectivity index (χ1v) is 5.07. The molecular formula is C11H21N3. The third-order valence-corrected chi connectivity index (χ3v) is 1.49. The first-order valence-electron chi connectivity index (χ1n) is 5.07. The highest BCUT2D eigenvalue weighted by atomic mass is 15.0. The normalized spacial score (nSPS) is 9.29. The average Bonchev–Trinajstić information content (AvgIpc) is 2.54. The van der Waals surface area contributed by atoms with Gasteiger partial charge in [-0.1, -0.05) is 20.4 Å². The SMILES string of the molecule is C=C(NC(C)C)c1cnc(C)[nH]1.CC. The van der Waals surface area contributed by atoms with Crippen LogP contribution in [0, 0.1) is 6.92 Å². The van der Waals surface area contributed by atoms with Crippen molar-refractivity contribution in [1.82, 2.24) is 15.3 Å². The van der Waals surface area contributed by atoms with Crippen molar-refractivity contribution in [2.45, 2.75) is 40.7 Å². The molecule has 1 aromatic rings. The Hall–Kier alpha value is -1.25. The number of H-pyrrole nitrogens is 1. The highest BCUT2D eigenvalue weighted by Crippen LogP contribution is 2.06. The van der Waals surface area contributed by atoms with E-state index in [0.29, 0.717) is 6.04 Å². The minimum Gasteiger partial charge on any atom is -0.382 e. The van der Waals surface area contributed by atoms with E-state index in [2.05, 4.69) is 35.7 Å². The van der Waals surface area contributed by atoms with Crippen LogP contribution in [0.2, 0.25) is 0 Å². The van der Waals surface area contributed by atoms with Crippen molar-refractivity contribution < 1.29 is 0 Å². The Kier molecular flexibility index (Phi) is 5.68. The maximum atomic E-state index is 4.09. The molecule has 1 rings (SSSR count). The highest BCUT2D eigenvalue weighted by molar-refractivity contribution is 5.57. The monoisotopic (exact) mass is 195 g/mol. The van der Waals surface area contributed by atoms with Crippen molar-refractivity contribution in [2.75, 3.05) is 0 Å². The lowest BCUT2D eigenvalue weighted by Gasteiger charge is -2.10. The topological polar surface area (TPSA) is 40.7 Å². The zero-order valence-electron chi connectivity index (χ0n) is 9.81. The van der Waals surface area contributed by atoms with Gasteiger partial charge in [-0.15, -0.1) is 0 Å². The molecule has 80 valence electrons. The molecule has 0 saturated heterocycles. The summed E-state index contributed by atoms with van der Waals surface area (Å²) in [5, 5.41) is 3.21. The average molecular weight is 195 g/mol. The summed E-state index contributed by atoms with van der Waals surface area (Å²) < 4.78 is 0. The molecule has 0 amide bonds. The number of imidazole rings is 1. The van der Waals surface area contributed by atoms with Crippen molar-refractivity contribution in [3.8, 4) is 0 Å². The second kappa shape index (κ2) is 6.24. The Morgan fingerprint density at radius 1 is 1.50 bits per heavy atom. The van der Waals surface area contributed by atoms with Crippen LogP contribution in [-0.2, 0) is 0 Å². The van der Waals surface area contributed by atoms with Gasteiger partial charge in [0.2, 0.25) is 0 Å². The number of aromatic nitrogens is 2. The quantitative estimate of drug-likeness (QED) is 0.778. The summed E-state index contributed by atoms with van der Waals surface area (Å²) in [5.74, 6) is 0.914. The van der Waals surface area contributed by atoms with E-state index in [1.165, 1.54) is 0 Å². The van der Waals surface area contributed by atoms with Crippen molar-refractivity contribution in [3.05, 3.63) is 24.3 Å². The Morgan fingerprint density at radius 3 is 2.43 bits per heavy atom. The van der Waals surface area contributed by atoms with Gasteiger partial charge in [0, 0.05) is 6.04 Å². The summed E-state index contributed by atoms with van der Waals surface area (Å²) in [7, 11) is 0. The molecule has 3 nitrogen and oxygen atoms in total. The lowest BCUT2D eigenvalue weighted by Crippen LogP contribution is -2.20. The zero-order chi connectivity index (χ0) is 11.1. The minimum absolute atomic E-state index is 0.404. The van der Waals surface area contributed by atoms with Crippen molar-refractivity contribution >= 4 is 5.70 Å². The molecule has 0 aliphatic heterocycles. The van der Waals surface area contributed by atoms with Gasteiger partial charge in [-0.25, -0.2) is 4.98 Å². The molecule has 0 unspecified atom stereocenters. The molecule has 0 fully saturated rings. The number of rotatable bonds is 3. The predicted molar refractivity (Wildman–Crippen MR) is 62.0 cm³/mol. The van der Waals surface area contributed by atoms with E-state index in [1.54, 1.807) is 6.20 Å². The molecule has 0 saturated carbocycles. The second-order valence-corrected chi connectivity index (χ2v) is 3.16. The third kappa shape index (κ3) is 4.12. The standard InChI is InChI=1S/C9H15N3.C2H6/c1-6(2)11-7(3)9-5-10-8(4)12-9;1-2/h5-6,11H,3H2,1-2,4H3,(H,10,12);1-2H3. The Morgan fingerprint density at radius 2 is 2.07 bits per heavy atom. The molecule has 1 heterocycles. The van der Waals surface area contributed by atoms with Gasteiger partial charge in [0.25, 0.3) is 0 Å². The smallest absolute Gasteiger partial charge is 0.103 e. The third-order valence-electron chi connectivity index (χ3n) is 1.49. The summed E-state index contributed by atoms with van der Waals surface area (Å²) in [6.07, 6.45) is 1.78. The van der Waals surface area contributed by atoms with E-state index < -0.39 is 0 Å². The molecule has 1 aromatic heterocycles. The molecular weight excluding hydrogens is 174 g/mol. The van der Waals surface area contributed by atoms with Gasteiger partial charge in [0.05, 0.1) is 17.6 Å². The summed E-state index contributed by atoms with van der Waals surface area (Å²) in [6.45, 7) is 14.0. The second-order valence-electron chi connectivity index (χ2n) is 3.16. The van der Waals surface area contributed by atoms with Crippen LogP contribution in [0.15, 0.2) is 12.8 Å². The van der Waals surface area contributed by atoms with Gasteiger partial charge in [-0.2, -0.15) is 0 Å². The van der Waals surface area contributed by atoms with Crippen LogP contribution in [0.4, 0.5) is 0 Å². The van der Waals surface area contributed by atoms with E-state index >= 15 is 0 Å². The first kappa shape index (κ1) is 12.8. The minimum atomic E-state index is 0.404. The molecule has 0 aliphatic carbocycles. The molecule has 0 atom stereocenters. The van der Waals surface area contributed by atoms with E-state index in [4.69, 9.17) is 0 Å². The first-order chi connectivity index (χ1) is 6.59. The van der Waals surface area contributed by atoms with Gasteiger partial charge in [0.15, 0.2) is 0 Å². The van der Waals surface area contributed by atoms with Gasteiger partial charge in [-0.05, 0) is 20.8 Å². The van der Waals surface area contributed by atoms with Crippen molar-refractivity contribution in [3.63, 3.8) is 0 Å². The molecule has 2 N–H and O–H groups in total. The molecule has 3 heteroatoms. The largest absolute Gasteiger partial charge is 0.382 e. The van der Waals surface area contributed by atoms with Gasteiger partial charge in [-0.3, -0.25) is 0 Å². The Labute approximate surface area is 86.6 Å². The molecule has 0 aromatic carbocycles. The van der Waals surface area contributed by atoms with Crippen molar-refractivity contribution in [2.24, 2.45) is 0 Å². The van der Waals surface area contributed by atoms with Gasteiger partial charge >= 0.3 is 0 Å². The summed E-state index contributed by atoms with van der Waals surface area (Å²) in [6, 6.07) is 0.404. The van der Waals surface area contributed by atoms with E-state index in [1.807, 2.05) is 20.8 Å². The molecule has 0 aliphatic rings. The van der Waals surface area contributed by atoms with Gasteiger partial charge in [0.1, 0.15) is 5.82 Å². The Balaban J connectivity index is 0.000000791. The van der Waals surface area contributed by atoms with Crippen LogP contribution < -0.4 is 5.32 Å². The van der Waals surface area contributed by atoms with Crippen LogP contribution in [-0.4, -0.2) is 16.0 Å². The Bertz CT molecular complexity index is 274. The van der Waals surface area contributed by atoms with Crippen LogP contribution in [0.5, 0.6) is 0 Å². The van der Waals surface area contributed by atoms with Gasteiger partial charge < -0.3 is 10.3 Å². The van der Waals surface area contributed by atoms with E-state index in [-0.39, 0.29) is 0 Å². The number of hydrogen-bond acceptors (Lipinski definition) is 2. The number of nitrogens with zero attached hydrogens (tertiary/aromatic N) is 1. The number of aromatic amines is 1. The zero-order valence-corrected chi connectivity index (χ0v) is 9.81. The van der Waals surface area contributed by atoms with Crippen molar-refractivity contribution in [1.29, 1.82) is 0 Å². The predicted octanol–water partition coefficient (Wildman–Crippen LogP) is 2.71. The number of nitrogens with one attached hydrogen (secondary N) is 2. The van der Waals surface area contributed by atoms with Crippen LogP contribution in [0.25, 0.3) is 5.70 Å². The van der Waals surface area contributed by atoms with E-state index in [0.717, 1.165) is 17.2 Å². The fraction of sp³-hybridized carbons (Fsp3) is 0.545. The summed E-state index contributed by atoms with van der Waals surface area (Å²) >= 11 is 0. The molecule has 0 radical (unpaired) electrons. The highest BCUT2D eigenvalue weighted by Gasteiger charge is 2.01. The van der Waals surface area contributed by atoms with Crippen LogP contribution >= 0.6 is 0 Å². The van der Waals surface area contributed by atoms with E-state index in [9.17, 15) is 0 Å². The number of aryl methyl sites for hydroxylation is 1. The summed E-state index contributed by atoms with van der Waals surface area (Å²) in [5.41, 5.74) is 1.85. The fourth-order valence-electron chi connectivity index (χ4n) is 1.00. The lowest BCUT2D eigenvalue weighted by molar-refractivity contribution is 0.716. The number of hydrogen-bond donors (Lipinski definition) is 2. The molecule has 0 bridgehead atoms. The fourth-order valence-corrected chi connectivity index (χ4v) is 1.00.